The second-order valence-electron chi connectivity index (χ2n) is 5.18. The SMILES string of the molecule is CCCOc1nc(Cl)nc(NC(C)(C)C2CC2)n1. The summed E-state index contributed by atoms with van der Waals surface area (Å²) in [5, 5.41) is 3.47. The molecule has 1 aliphatic carbocycles. The largest absolute Gasteiger partial charge is 0.463 e. The third-order valence-electron chi connectivity index (χ3n) is 3.05. The average Bonchev–Trinajstić information content (AvgIpc) is 3.08. The smallest absolute Gasteiger partial charge is 0.322 e. The Hall–Kier alpha value is -1.10. The van der Waals surface area contributed by atoms with E-state index in [0.717, 1.165) is 6.42 Å². The molecule has 1 aliphatic rings. The number of halogens is 1. The van der Waals surface area contributed by atoms with Crippen molar-refractivity contribution in [1.82, 2.24) is 15.0 Å². The highest BCUT2D eigenvalue weighted by atomic mass is 35.5. The highest BCUT2D eigenvalue weighted by Gasteiger charge is 2.38. The number of ether oxygens (including phenoxy) is 1. The van der Waals surface area contributed by atoms with E-state index in [0.29, 0.717) is 18.5 Å². The molecule has 6 heteroatoms. The highest BCUT2D eigenvalue weighted by Crippen LogP contribution is 2.40. The molecule has 18 heavy (non-hydrogen) atoms. The lowest BCUT2D eigenvalue weighted by Gasteiger charge is -2.26. The Morgan fingerprint density at radius 3 is 2.67 bits per heavy atom. The van der Waals surface area contributed by atoms with Gasteiger partial charge in [-0.2, -0.15) is 15.0 Å². The molecule has 1 heterocycles. The van der Waals surface area contributed by atoms with Crippen molar-refractivity contribution >= 4 is 17.5 Å². The lowest BCUT2D eigenvalue weighted by Crippen LogP contribution is -2.34. The van der Waals surface area contributed by atoms with Gasteiger partial charge in [0, 0.05) is 5.54 Å². The molecule has 0 radical (unpaired) electrons. The predicted molar refractivity (Wildman–Crippen MR) is 71.0 cm³/mol. The zero-order valence-electron chi connectivity index (χ0n) is 11.0. The highest BCUT2D eigenvalue weighted by molar-refractivity contribution is 6.28. The van der Waals surface area contributed by atoms with E-state index < -0.39 is 0 Å². The Labute approximate surface area is 112 Å². The van der Waals surface area contributed by atoms with Gasteiger partial charge in [-0.1, -0.05) is 6.92 Å². The van der Waals surface area contributed by atoms with E-state index in [9.17, 15) is 0 Å². The third kappa shape index (κ3) is 3.45. The second kappa shape index (κ2) is 5.26. The maximum absolute atomic E-state index is 5.87. The lowest BCUT2D eigenvalue weighted by atomic mass is 9.99. The van der Waals surface area contributed by atoms with Gasteiger partial charge in [0.1, 0.15) is 0 Å². The van der Waals surface area contributed by atoms with Gasteiger partial charge < -0.3 is 10.1 Å². The van der Waals surface area contributed by atoms with Crippen LogP contribution in [0.15, 0.2) is 0 Å². The molecule has 1 aromatic rings. The van der Waals surface area contributed by atoms with Gasteiger partial charge in [0.15, 0.2) is 0 Å². The van der Waals surface area contributed by atoms with Crippen molar-refractivity contribution in [2.24, 2.45) is 5.92 Å². The average molecular weight is 271 g/mol. The van der Waals surface area contributed by atoms with E-state index in [1.54, 1.807) is 0 Å². The van der Waals surface area contributed by atoms with Crippen LogP contribution < -0.4 is 10.1 Å². The van der Waals surface area contributed by atoms with Crippen molar-refractivity contribution in [3.8, 4) is 6.01 Å². The number of rotatable bonds is 6. The molecule has 0 saturated heterocycles. The van der Waals surface area contributed by atoms with Gasteiger partial charge in [-0.05, 0) is 50.6 Å². The summed E-state index contributed by atoms with van der Waals surface area (Å²) in [6.45, 7) is 6.90. The van der Waals surface area contributed by atoms with Crippen molar-refractivity contribution < 1.29 is 4.74 Å². The fourth-order valence-corrected chi connectivity index (χ4v) is 1.99. The molecule has 100 valence electrons. The van der Waals surface area contributed by atoms with Gasteiger partial charge in [0.05, 0.1) is 6.61 Å². The minimum atomic E-state index is -0.0211. The molecule has 0 aromatic carbocycles. The van der Waals surface area contributed by atoms with Gasteiger partial charge in [-0.25, -0.2) is 0 Å². The number of nitrogens with zero attached hydrogens (tertiary/aromatic N) is 3. The molecule has 1 N–H and O–H groups in total. The van der Waals surface area contributed by atoms with Crippen LogP contribution in [0.4, 0.5) is 5.95 Å². The number of aromatic nitrogens is 3. The topological polar surface area (TPSA) is 59.9 Å². The van der Waals surface area contributed by atoms with Crippen LogP contribution in [0.3, 0.4) is 0 Å². The summed E-state index contributed by atoms with van der Waals surface area (Å²) < 4.78 is 5.38. The van der Waals surface area contributed by atoms with Crippen molar-refractivity contribution in [2.75, 3.05) is 11.9 Å². The van der Waals surface area contributed by atoms with Crippen molar-refractivity contribution in [2.45, 2.75) is 45.6 Å². The van der Waals surface area contributed by atoms with Crippen LogP contribution in [0, 0.1) is 5.92 Å². The molecule has 0 bridgehead atoms. The van der Waals surface area contributed by atoms with Crippen molar-refractivity contribution in [3.63, 3.8) is 0 Å². The van der Waals surface area contributed by atoms with Crippen LogP contribution in [0.2, 0.25) is 5.28 Å². The van der Waals surface area contributed by atoms with Crippen LogP contribution in [-0.4, -0.2) is 27.1 Å². The molecular weight excluding hydrogens is 252 g/mol. The summed E-state index contributed by atoms with van der Waals surface area (Å²) in [5.74, 6) is 1.16. The summed E-state index contributed by atoms with van der Waals surface area (Å²) in [6.07, 6.45) is 3.40. The van der Waals surface area contributed by atoms with Crippen LogP contribution >= 0.6 is 11.6 Å². The molecule has 1 aromatic heterocycles. The summed E-state index contributed by atoms with van der Waals surface area (Å²) in [7, 11) is 0. The zero-order chi connectivity index (χ0) is 13.2. The Balaban J connectivity index is 2.09. The summed E-state index contributed by atoms with van der Waals surface area (Å²) >= 11 is 5.87. The molecule has 0 aliphatic heterocycles. The maximum atomic E-state index is 5.87. The Bertz CT molecular complexity index is 421. The van der Waals surface area contributed by atoms with Crippen LogP contribution in [0.25, 0.3) is 0 Å². The van der Waals surface area contributed by atoms with E-state index in [-0.39, 0.29) is 16.8 Å². The Morgan fingerprint density at radius 2 is 2.06 bits per heavy atom. The number of hydrogen-bond donors (Lipinski definition) is 1. The van der Waals surface area contributed by atoms with E-state index in [1.807, 2.05) is 6.92 Å². The molecule has 5 nitrogen and oxygen atoms in total. The fraction of sp³-hybridized carbons (Fsp3) is 0.750. The van der Waals surface area contributed by atoms with Crippen molar-refractivity contribution in [1.29, 1.82) is 0 Å². The van der Waals surface area contributed by atoms with E-state index in [1.165, 1.54) is 12.8 Å². The van der Waals surface area contributed by atoms with Gasteiger partial charge >= 0.3 is 6.01 Å². The summed E-state index contributed by atoms with van der Waals surface area (Å²) in [5.41, 5.74) is -0.0211. The first-order valence-corrected chi connectivity index (χ1v) is 6.71. The van der Waals surface area contributed by atoms with Crippen LogP contribution in [0.1, 0.15) is 40.0 Å². The fourth-order valence-electron chi connectivity index (χ4n) is 1.84. The molecular formula is C12H19ClN4O. The molecule has 2 rings (SSSR count). The van der Waals surface area contributed by atoms with Crippen LogP contribution in [-0.2, 0) is 0 Å². The Kier molecular flexibility index (Phi) is 3.90. The minimum absolute atomic E-state index is 0.0211. The van der Waals surface area contributed by atoms with E-state index >= 15 is 0 Å². The van der Waals surface area contributed by atoms with Crippen molar-refractivity contribution in [3.05, 3.63) is 5.28 Å². The molecule has 0 spiro atoms. The third-order valence-corrected chi connectivity index (χ3v) is 3.22. The number of hydrogen-bond acceptors (Lipinski definition) is 5. The standard InChI is InChI=1S/C12H19ClN4O/c1-4-7-18-11-15-9(13)14-10(16-11)17-12(2,3)8-5-6-8/h8H,4-7H2,1-3H3,(H,14,15,16,17). The molecule has 0 unspecified atom stereocenters. The van der Waals surface area contributed by atoms with Gasteiger partial charge in [0.2, 0.25) is 11.2 Å². The zero-order valence-corrected chi connectivity index (χ0v) is 11.8. The quantitative estimate of drug-likeness (QED) is 0.861. The normalized spacial score (nSPS) is 15.6. The van der Waals surface area contributed by atoms with E-state index in [2.05, 4.69) is 34.1 Å². The first-order valence-electron chi connectivity index (χ1n) is 6.34. The summed E-state index contributed by atoms with van der Waals surface area (Å²) in [6, 6.07) is 0.283. The van der Waals surface area contributed by atoms with Crippen LogP contribution in [0.5, 0.6) is 6.01 Å². The first-order chi connectivity index (χ1) is 8.51. The molecule has 1 fully saturated rings. The number of nitrogens with one attached hydrogen (secondary N) is 1. The van der Waals surface area contributed by atoms with Gasteiger partial charge in [-0.3, -0.25) is 0 Å². The maximum Gasteiger partial charge on any atom is 0.322 e. The minimum Gasteiger partial charge on any atom is -0.463 e. The molecule has 1 saturated carbocycles. The Morgan fingerprint density at radius 1 is 1.33 bits per heavy atom. The lowest BCUT2D eigenvalue weighted by molar-refractivity contribution is 0.291. The predicted octanol–water partition coefficient (Wildman–Crippen LogP) is 2.91. The molecule has 0 atom stereocenters. The van der Waals surface area contributed by atoms with Gasteiger partial charge in [0.25, 0.3) is 0 Å². The summed E-state index contributed by atoms with van der Waals surface area (Å²) in [4.78, 5) is 12.3. The van der Waals surface area contributed by atoms with Gasteiger partial charge in [-0.15, -0.1) is 0 Å². The number of anilines is 1. The van der Waals surface area contributed by atoms with E-state index in [4.69, 9.17) is 16.3 Å². The molecule has 0 amide bonds. The second-order valence-corrected chi connectivity index (χ2v) is 5.52. The first kappa shape index (κ1) is 13.3. The monoisotopic (exact) mass is 270 g/mol.